The second kappa shape index (κ2) is 6.82. The highest BCUT2D eigenvalue weighted by Crippen LogP contribution is 2.24. The Morgan fingerprint density at radius 3 is 2.55 bits per heavy atom. The van der Waals surface area contributed by atoms with Gasteiger partial charge in [0.05, 0.1) is 9.92 Å². The van der Waals surface area contributed by atoms with Crippen molar-refractivity contribution in [1.29, 1.82) is 0 Å². The third kappa shape index (κ3) is 4.39. The summed E-state index contributed by atoms with van der Waals surface area (Å²) in [4.78, 5) is 1.67. The molecule has 1 atom stereocenters. The maximum absolute atomic E-state index is 13.6. The Labute approximate surface area is 124 Å². The van der Waals surface area contributed by atoms with E-state index in [1.807, 2.05) is 19.0 Å². The van der Waals surface area contributed by atoms with Gasteiger partial charge in [0.25, 0.3) is 0 Å². The smallest absolute Gasteiger partial charge is 0.240 e. The van der Waals surface area contributed by atoms with Crippen molar-refractivity contribution >= 4 is 21.6 Å². The molecule has 0 aliphatic heterocycles. The van der Waals surface area contributed by atoms with Crippen LogP contribution in [0, 0.1) is 5.82 Å². The van der Waals surface area contributed by atoms with Gasteiger partial charge < -0.3 is 10.6 Å². The first-order valence-electron chi connectivity index (χ1n) is 6.02. The fourth-order valence-electron chi connectivity index (χ4n) is 1.84. The number of nitrogens with one attached hydrogen (secondary N) is 1. The predicted octanol–water partition coefficient (Wildman–Crippen LogP) is 1.17. The summed E-state index contributed by atoms with van der Waals surface area (Å²) >= 11 is 5.71. The first-order valence-corrected chi connectivity index (χ1v) is 7.88. The normalized spacial score (nSPS) is 13.8. The number of nitrogens with zero attached hydrogens (tertiary/aromatic N) is 1. The highest BCUT2D eigenvalue weighted by Gasteiger charge is 2.21. The topological polar surface area (TPSA) is 75.4 Å². The van der Waals surface area contributed by atoms with Gasteiger partial charge in [0.2, 0.25) is 10.0 Å². The average Bonchev–Trinajstić information content (AvgIpc) is 2.30. The molecular formula is C12H19ClFN3O2S. The van der Waals surface area contributed by atoms with Crippen molar-refractivity contribution in [2.45, 2.75) is 24.4 Å². The van der Waals surface area contributed by atoms with E-state index in [-0.39, 0.29) is 28.1 Å². The first-order chi connectivity index (χ1) is 9.17. The number of benzene rings is 1. The SMILES string of the molecule is CC(CN(C)C)NS(=O)(=O)c1cc(F)c(Cl)c(CN)c1. The maximum atomic E-state index is 13.6. The van der Waals surface area contributed by atoms with Gasteiger partial charge in [-0.15, -0.1) is 0 Å². The molecule has 0 fully saturated rings. The molecule has 0 amide bonds. The van der Waals surface area contributed by atoms with Crippen molar-refractivity contribution in [3.63, 3.8) is 0 Å². The fourth-order valence-corrected chi connectivity index (χ4v) is 3.32. The molecule has 0 aliphatic carbocycles. The van der Waals surface area contributed by atoms with Crippen LogP contribution in [0.4, 0.5) is 4.39 Å². The highest BCUT2D eigenvalue weighted by molar-refractivity contribution is 7.89. The third-order valence-corrected chi connectivity index (χ3v) is 4.59. The Morgan fingerprint density at radius 1 is 1.45 bits per heavy atom. The standard InChI is InChI=1S/C12H19ClFN3O2S/c1-8(7-17(2)3)16-20(18,19)10-4-9(6-15)12(13)11(14)5-10/h4-5,8,16H,6-7,15H2,1-3H3. The molecule has 0 aromatic heterocycles. The van der Waals surface area contributed by atoms with Crippen LogP contribution >= 0.6 is 11.6 Å². The Hall–Kier alpha value is -0.730. The molecule has 0 saturated carbocycles. The lowest BCUT2D eigenvalue weighted by Gasteiger charge is -2.18. The number of hydrogen-bond donors (Lipinski definition) is 2. The van der Waals surface area contributed by atoms with Crippen LogP contribution in [-0.4, -0.2) is 40.0 Å². The molecule has 1 aromatic rings. The Balaban J connectivity index is 3.07. The number of rotatable bonds is 6. The van der Waals surface area contributed by atoms with E-state index >= 15 is 0 Å². The van der Waals surface area contributed by atoms with Crippen molar-refractivity contribution in [2.75, 3.05) is 20.6 Å². The number of halogens is 2. The minimum atomic E-state index is -3.81. The van der Waals surface area contributed by atoms with Crippen LogP contribution in [0.1, 0.15) is 12.5 Å². The van der Waals surface area contributed by atoms with E-state index in [0.717, 1.165) is 6.07 Å². The van der Waals surface area contributed by atoms with Gasteiger partial charge >= 0.3 is 0 Å². The summed E-state index contributed by atoms with van der Waals surface area (Å²) in [5.74, 6) is -0.796. The van der Waals surface area contributed by atoms with Crippen LogP contribution in [0.15, 0.2) is 17.0 Å². The molecule has 0 saturated heterocycles. The first kappa shape index (κ1) is 17.3. The lowest BCUT2D eigenvalue weighted by Crippen LogP contribution is -2.39. The lowest BCUT2D eigenvalue weighted by molar-refractivity contribution is 0.370. The van der Waals surface area contributed by atoms with Gasteiger partial charge in [0.1, 0.15) is 5.82 Å². The van der Waals surface area contributed by atoms with Gasteiger partial charge in [-0.3, -0.25) is 0 Å². The van der Waals surface area contributed by atoms with E-state index in [2.05, 4.69) is 4.72 Å². The lowest BCUT2D eigenvalue weighted by atomic mass is 10.2. The predicted molar refractivity (Wildman–Crippen MR) is 77.6 cm³/mol. The van der Waals surface area contributed by atoms with Crippen LogP contribution < -0.4 is 10.5 Å². The average molecular weight is 324 g/mol. The summed E-state index contributed by atoms with van der Waals surface area (Å²) in [6.45, 7) is 2.22. The zero-order chi connectivity index (χ0) is 15.5. The minimum absolute atomic E-state index is 0.0354. The van der Waals surface area contributed by atoms with Crippen LogP contribution in [0.25, 0.3) is 0 Å². The molecule has 0 aliphatic rings. The van der Waals surface area contributed by atoms with Gasteiger partial charge in [-0.05, 0) is 38.7 Å². The second-order valence-corrected chi connectivity index (χ2v) is 6.96. The molecule has 114 valence electrons. The number of sulfonamides is 1. The Bertz CT molecular complexity index is 578. The van der Waals surface area contributed by atoms with Crippen LogP contribution in [-0.2, 0) is 16.6 Å². The molecular weight excluding hydrogens is 305 g/mol. The molecule has 20 heavy (non-hydrogen) atoms. The summed E-state index contributed by atoms with van der Waals surface area (Å²) in [6, 6.07) is 1.87. The minimum Gasteiger partial charge on any atom is -0.326 e. The van der Waals surface area contributed by atoms with E-state index in [4.69, 9.17) is 17.3 Å². The van der Waals surface area contributed by atoms with Gasteiger partial charge in [0.15, 0.2) is 0 Å². The monoisotopic (exact) mass is 323 g/mol. The quantitative estimate of drug-likeness (QED) is 0.824. The number of likely N-dealkylation sites (N-methyl/N-ethyl adjacent to an activating group) is 1. The summed E-state index contributed by atoms with van der Waals surface area (Å²) in [5.41, 5.74) is 5.68. The molecule has 8 heteroatoms. The molecule has 3 N–H and O–H groups in total. The van der Waals surface area contributed by atoms with E-state index in [1.54, 1.807) is 6.92 Å². The zero-order valence-electron chi connectivity index (χ0n) is 11.7. The Morgan fingerprint density at radius 2 is 2.05 bits per heavy atom. The van der Waals surface area contributed by atoms with Crippen molar-refractivity contribution in [1.82, 2.24) is 9.62 Å². The molecule has 0 spiro atoms. The van der Waals surface area contributed by atoms with Crippen LogP contribution in [0.3, 0.4) is 0 Å². The fraction of sp³-hybridized carbons (Fsp3) is 0.500. The van der Waals surface area contributed by atoms with Gasteiger partial charge in [-0.2, -0.15) is 0 Å². The maximum Gasteiger partial charge on any atom is 0.240 e. The second-order valence-electron chi connectivity index (χ2n) is 4.87. The van der Waals surface area contributed by atoms with Crippen molar-refractivity contribution in [2.24, 2.45) is 5.73 Å². The van der Waals surface area contributed by atoms with Gasteiger partial charge in [0, 0.05) is 19.1 Å². The number of hydrogen-bond acceptors (Lipinski definition) is 4. The molecule has 1 aromatic carbocycles. The largest absolute Gasteiger partial charge is 0.326 e. The molecule has 0 bridgehead atoms. The highest BCUT2D eigenvalue weighted by atomic mass is 35.5. The van der Waals surface area contributed by atoms with E-state index in [0.29, 0.717) is 6.54 Å². The summed E-state index contributed by atoms with van der Waals surface area (Å²) in [7, 11) is -0.143. The summed E-state index contributed by atoms with van der Waals surface area (Å²) in [6.07, 6.45) is 0. The van der Waals surface area contributed by atoms with Gasteiger partial charge in [-0.25, -0.2) is 17.5 Å². The van der Waals surface area contributed by atoms with E-state index in [1.165, 1.54) is 6.07 Å². The molecule has 0 heterocycles. The van der Waals surface area contributed by atoms with Crippen molar-refractivity contribution in [3.05, 3.63) is 28.5 Å². The molecule has 0 radical (unpaired) electrons. The molecule has 1 unspecified atom stereocenters. The van der Waals surface area contributed by atoms with E-state index in [9.17, 15) is 12.8 Å². The van der Waals surface area contributed by atoms with Crippen LogP contribution in [0.5, 0.6) is 0 Å². The molecule has 5 nitrogen and oxygen atoms in total. The van der Waals surface area contributed by atoms with Crippen molar-refractivity contribution < 1.29 is 12.8 Å². The Kier molecular flexibility index (Phi) is 5.91. The molecule has 1 rings (SSSR count). The number of nitrogens with two attached hydrogens (primary N) is 1. The zero-order valence-corrected chi connectivity index (χ0v) is 13.2. The van der Waals surface area contributed by atoms with Crippen LogP contribution in [0.2, 0.25) is 5.02 Å². The van der Waals surface area contributed by atoms with Gasteiger partial charge in [-0.1, -0.05) is 11.6 Å². The summed E-state index contributed by atoms with van der Waals surface area (Å²) in [5, 5.41) is -0.146. The van der Waals surface area contributed by atoms with E-state index < -0.39 is 15.8 Å². The third-order valence-electron chi connectivity index (χ3n) is 2.60. The summed E-state index contributed by atoms with van der Waals surface area (Å²) < 4.78 is 40.4. The van der Waals surface area contributed by atoms with Crippen molar-refractivity contribution in [3.8, 4) is 0 Å².